The Kier molecular flexibility index (Phi) is 2.65. The van der Waals surface area contributed by atoms with Crippen LogP contribution in [-0.2, 0) is 4.74 Å². The van der Waals surface area contributed by atoms with E-state index in [9.17, 15) is 0 Å². The second-order valence-corrected chi connectivity index (χ2v) is 3.01. The minimum Gasteiger partial charge on any atom is -0.380 e. The molecule has 60 valence electrons. The maximum absolute atomic E-state index is 5.77. The largest absolute Gasteiger partial charge is 0.380 e. The molecule has 0 aromatic heterocycles. The Hall–Kier alpha value is -0.120. The molecule has 3 atom stereocenters. The van der Waals surface area contributed by atoms with E-state index < -0.39 is 0 Å². The summed E-state index contributed by atoms with van der Waals surface area (Å²) in [5, 5.41) is 0. The van der Waals surface area contributed by atoms with Gasteiger partial charge in [0.2, 0.25) is 0 Å². The zero-order valence-corrected chi connectivity index (χ0v) is 6.42. The van der Waals surface area contributed by atoms with Crippen molar-refractivity contribution < 1.29 is 4.74 Å². The summed E-state index contributed by atoms with van der Waals surface area (Å²) in [7, 11) is 1.70. The zero-order valence-electron chi connectivity index (χ0n) is 6.42. The molecule has 1 aliphatic rings. The van der Waals surface area contributed by atoms with Gasteiger partial charge in [-0.25, -0.2) is 0 Å². The van der Waals surface area contributed by atoms with E-state index in [2.05, 4.69) is 0 Å². The molecule has 0 aromatic carbocycles. The Morgan fingerprint density at radius 3 is 2.50 bits per heavy atom. The molecule has 1 saturated carbocycles. The van der Waals surface area contributed by atoms with E-state index in [1.54, 1.807) is 7.11 Å². The molecule has 0 aromatic rings. The lowest BCUT2D eigenvalue weighted by molar-refractivity contribution is 0.0482. The van der Waals surface area contributed by atoms with Crippen molar-refractivity contribution in [2.24, 2.45) is 11.5 Å². The van der Waals surface area contributed by atoms with Crippen LogP contribution in [0.1, 0.15) is 19.3 Å². The highest BCUT2D eigenvalue weighted by Gasteiger charge is 2.25. The van der Waals surface area contributed by atoms with Gasteiger partial charge in [-0.3, -0.25) is 0 Å². The smallest absolute Gasteiger partial charge is 0.0736 e. The molecule has 0 unspecified atom stereocenters. The number of hydrogen-bond donors (Lipinski definition) is 2. The van der Waals surface area contributed by atoms with Crippen molar-refractivity contribution in [2.75, 3.05) is 7.11 Å². The molecule has 0 heterocycles. The summed E-state index contributed by atoms with van der Waals surface area (Å²) in [6, 6.07) is 0.495. The van der Waals surface area contributed by atoms with Gasteiger partial charge in [-0.1, -0.05) is 0 Å². The van der Waals surface area contributed by atoms with E-state index in [1.165, 1.54) is 0 Å². The highest BCUT2D eigenvalue weighted by Crippen LogP contribution is 2.17. The molecule has 0 radical (unpaired) electrons. The van der Waals surface area contributed by atoms with Gasteiger partial charge in [-0.15, -0.1) is 0 Å². The number of ether oxygens (including phenoxy) is 1. The molecule has 1 fully saturated rings. The highest BCUT2D eigenvalue weighted by atomic mass is 16.5. The van der Waals surface area contributed by atoms with Gasteiger partial charge in [0, 0.05) is 19.2 Å². The van der Waals surface area contributed by atoms with Gasteiger partial charge in [0.15, 0.2) is 0 Å². The van der Waals surface area contributed by atoms with Gasteiger partial charge < -0.3 is 16.2 Å². The maximum Gasteiger partial charge on any atom is 0.0736 e. The van der Waals surface area contributed by atoms with E-state index in [0.717, 1.165) is 19.3 Å². The summed E-state index contributed by atoms with van der Waals surface area (Å²) >= 11 is 0. The lowest BCUT2D eigenvalue weighted by Crippen LogP contribution is -2.45. The van der Waals surface area contributed by atoms with Crippen molar-refractivity contribution in [3.8, 4) is 0 Å². The fourth-order valence-electron chi connectivity index (χ4n) is 1.45. The molecule has 3 nitrogen and oxygen atoms in total. The van der Waals surface area contributed by atoms with Gasteiger partial charge >= 0.3 is 0 Å². The van der Waals surface area contributed by atoms with Crippen molar-refractivity contribution >= 4 is 0 Å². The Morgan fingerprint density at radius 1 is 1.30 bits per heavy atom. The molecule has 3 heteroatoms. The molecule has 0 aliphatic heterocycles. The van der Waals surface area contributed by atoms with Crippen LogP contribution in [0, 0.1) is 0 Å². The Labute approximate surface area is 61.7 Å². The Balaban J connectivity index is 2.38. The van der Waals surface area contributed by atoms with Crippen LogP contribution in [0.4, 0.5) is 0 Å². The summed E-state index contributed by atoms with van der Waals surface area (Å²) in [6.45, 7) is 0. The topological polar surface area (TPSA) is 61.3 Å². The zero-order chi connectivity index (χ0) is 7.56. The van der Waals surface area contributed by atoms with Crippen LogP contribution in [0.2, 0.25) is 0 Å². The third-order valence-electron chi connectivity index (χ3n) is 2.19. The monoisotopic (exact) mass is 144 g/mol. The van der Waals surface area contributed by atoms with Crippen LogP contribution >= 0.6 is 0 Å². The van der Waals surface area contributed by atoms with E-state index in [1.807, 2.05) is 0 Å². The van der Waals surface area contributed by atoms with Crippen molar-refractivity contribution in [2.45, 2.75) is 37.5 Å². The first kappa shape index (κ1) is 7.98. The summed E-state index contributed by atoms with van der Waals surface area (Å²) in [4.78, 5) is 0. The van der Waals surface area contributed by atoms with Crippen LogP contribution in [0.15, 0.2) is 0 Å². The van der Waals surface area contributed by atoms with E-state index in [4.69, 9.17) is 16.2 Å². The fourth-order valence-corrected chi connectivity index (χ4v) is 1.45. The second kappa shape index (κ2) is 3.32. The molecule has 10 heavy (non-hydrogen) atoms. The summed E-state index contributed by atoms with van der Waals surface area (Å²) in [5.41, 5.74) is 11.5. The maximum atomic E-state index is 5.77. The highest BCUT2D eigenvalue weighted by molar-refractivity contribution is 4.84. The second-order valence-electron chi connectivity index (χ2n) is 3.01. The Bertz CT molecular complexity index is 108. The molecule has 0 spiro atoms. The normalized spacial score (nSPS) is 41.7. The summed E-state index contributed by atoms with van der Waals surface area (Å²) in [6.07, 6.45) is 3.14. The average molecular weight is 144 g/mol. The molecule has 1 rings (SSSR count). The third-order valence-corrected chi connectivity index (χ3v) is 2.19. The van der Waals surface area contributed by atoms with Crippen LogP contribution in [0.5, 0.6) is 0 Å². The number of rotatable bonds is 1. The molecular weight excluding hydrogens is 128 g/mol. The van der Waals surface area contributed by atoms with Crippen LogP contribution in [0.25, 0.3) is 0 Å². The first-order valence-corrected chi connectivity index (χ1v) is 3.78. The van der Waals surface area contributed by atoms with E-state index >= 15 is 0 Å². The van der Waals surface area contributed by atoms with Crippen molar-refractivity contribution in [3.05, 3.63) is 0 Å². The van der Waals surface area contributed by atoms with Gasteiger partial charge in [0.1, 0.15) is 0 Å². The standard InChI is InChI=1S/C7H16N2O/c1-10-7-4-5(8)2-3-6(7)9/h5-7H,2-4,8-9H2,1H3/t5-,6-,7+/m1/s1. The molecule has 0 saturated heterocycles. The van der Waals surface area contributed by atoms with Crippen LogP contribution < -0.4 is 11.5 Å². The summed E-state index contributed by atoms with van der Waals surface area (Å²) in [5.74, 6) is 0. The van der Waals surface area contributed by atoms with Gasteiger partial charge in [-0.2, -0.15) is 0 Å². The predicted octanol–water partition coefficient (Wildman–Crippen LogP) is -0.160. The lowest BCUT2D eigenvalue weighted by Gasteiger charge is -2.30. The minimum atomic E-state index is 0.184. The predicted molar refractivity (Wildman–Crippen MR) is 40.6 cm³/mol. The SMILES string of the molecule is CO[C@H]1C[C@H](N)CC[C@H]1N. The van der Waals surface area contributed by atoms with Crippen LogP contribution in [-0.4, -0.2) is 25.3 Å². The van der Waals surface area contributed by atoms with Gasteiger partial charge in [0.05, 0.1) is 6.10 Å². The molecule has 1 aliphatic carbocycles. The number of methoxy groups -OCH3 is 1. The number of hydrogen-bond acceptors (Lipinski definition) is 3. The van der Waals surface area contributed by atoms with Crippen molar-refractivity contribution in [1.29, 1.82) is 0 Å². The van der Waals surface area contributed by atoms with E-state index in [0.29, 0.717) is 6.04 Å². The fraction of sp³-hybridized carbons (Fsp3) is 1.00. The quantitative estimate of drug-likeness (QED) is 0.537. The molecular formula is C7H16N2O. The van der Waals surface area contributed by atoms with Crippen molar-refractivity contribution in [3.63, 3.8) is 0 Å². The molecule has 4 N–H and O–H groups in total. The molecule has 0 bridgehead atoms. The van der Waals surface area contributed by atoms with Gasteiger partial charge in [-0.05, 0) is 19.3 Å². The summed E-state index contributed by atoms with van der Waals surface area (Å²) < 4.78 is 5.17. The first-order valence-electron chi connectivity index (χ1n) is 3.78. The minimum absolute atomic E-state index is 0.184. The first-order chi connectivity index (χ1) is 4.74. The lowest BCUT2D eigenvalue weighted by atomic mass is 9.90. The Morgan fingerprint density at radius 2 is 2.00 bits per heavy atom. The van der Waals surface area contributed by atoms with E-state index in [-0.39, 0.29) is 12.1 Å². The number of nitrogens with two attached hydrogens (primary N) is 2. The van der Waals surface area contributed by atoms with Crippen molar-refractivity contribution in [1.82, 2.24) is 0 Å². The third kappa shape index (κ3) is 1.68. The average Bonchev–Trinajstić information content (AvgIpc) is 1.94. The van der Waals surface area contributed by atoms with Gasteiger partial charge in [0.25, 0.3) is 0 Å². The van der Waals surface area contributed by atoms with Crippen LogP contribution in [0.3, 0.4) is 0 Å². The molecule has 0 amide bonds.